The number of carbonyl (C=O) groups excluding carboxylic acids is 2. The van der Waals surface area contributed by atoms with E-state index in [0.717, 1.165) is 5.56 Å². The predicted molar refractivity (Wildman–Crippen MR) is 99.3 cm³/mol. The second-order valence-corrected chi connectivity index (χ2v) is 7.30. The van der Waals surface area contributed by atoms with Gasteiger partial charge in [0.2, 0.25) is 5.91 Å². The van der Waals surface area contributed by atoms with Gasteiger partial charge in [0.1, 0.15) is 11.5 Å². The van der Waals surface area contributed by atoms with Crippen molar-refractivity contribution in [1.82, 2.24) is 19.6 Å². The van der Waals surface area contributed by atoms with Crippen LogP contribution in [0.5, 0.6) is 0 Å². The Morgan fingerprint density at radius 3 is 2.56 bits per heavy atom. The van der Waals surface area contributed by atoms with Crippen molar-refractivity contribution < 1.29 is 14.0 Å². The van der Waals surface area contributed by atoms with Crippen LogP contribution in [0.15, 0.2) is 36.5 Å². The molecule has 1 aromatic heterocycles. The number of amides is 2. The zero-order chi connectivity index (χ0) is 19.6. The summed E-state index contributed by atoms with van der Waals surface area (Å²) in [6.45, 7) is 5.36. The minimum atomic E-state index is -0.297. The van der Waals surface area contributed by atoms with Crippen LogP contribution in [0, 0.1) is 11.7 Å². The number of carbonyl (C=O) groups is 2. The third kappa shape index (κ3) is 4.18. The fourth-order valence-electron chi connectivity index (χ4n) is 3.47. The molecule has 0 N–H and O–H groups in total. The van der Waals surface area contributed by atoms with E-state index in [0.29, 0.717) is 25.3 Å². The summed E-state index contributed by atoms with van der Waals surface area (Å²) in [5, 5.41) is 4.06. The fraction of sp³-hybridized carbons (Fsp3) is 0.450. The molecule has 1 aliphatic heterocycles. The number of hydrogen-bond acceptors (Lipinski definition) is 3. The van der Waals surface area contributed by atoms with Gasteiger partial charge in [-0.25, -0.2) is 4.39 Å². The zero-order valence-corrected chi connectivity index (χ0v) is 15.9. The minimum absolute atomic E-state index is 0.0123. The van der Waals surface area contributed by atoms with E-state index in [1.54, 1.807) is 41.0 Å². The first-order valence-electron chi connectivity index (χ1n) is 9.18. The van der Waals surface area contributed by atoms with Gasteiger partial charge in [-0.15, -0.1) is 0 Å². The highest BCUT2D eigenvalue weighted by atomic mass is 19.1. The molecular weight excluding hydrogens is 347 g/mol. The molecule has 1 fully saturated rings. The lowest BCUT2D eigenvalue weighted by Gasteiger charge is -2.34. The monoisotopic (exact) mass is 372 g/mol. The number of aromatic nitrogens is 2. The van der Waals surface area contributed by atoms with E-state index in [4.69, 9.17) is 0 Å². The fourth-order valence-corrected chi connectivity index (χ4v) is 3.47. The van der Waals surface area contributed by atoms with Crippen LogP contribution >= 0.6 is 0 Å². The maximum absolute atomic E-state index is 13.2. The second-order valence-electron chi connectivity index (χ2n) is 7.30. The van der Waals surface area contributed by atoms with Crippen molar-refractivity contribution >= 4 is 11.8 Å². The Morgan fingerprint density at radius 2 is 1.96 bits per heavy atom. The summed E-state index contributed by atoms with van der Waals surface area (Å²) in [4.78, 5) is 29.3. The third-order valence-corrected chi connectivity index (χ3v) is 5.09. The number of aryl methyl sites for hydroxylation is 1. The van der Waals surface area contributed by atoms with Gasteiger partial charge < -0.3 is 9.80 Å². The van der Waals surface area contributed by atoms with Crippen LogP contribution in [0.1, 0.15) is 36.3 Å². The molecule has 1 aromatic carbocycles. The summed E-state index contributed by atoms with van der Waals surface area (Å²) in [5.41, 5.74) is 1.39. The number of halogens is 1. The van der Waals surface area contributed by atoms with Gasteiger partial charge in [0.25, 0.3) is 5.91 Å². The average Bonchev–Trinajstić information content (AvgIpc) is 2.99. The molecule has 1 saturated heterocycles. The lowest BCUT2D eigenvalue weighted by atomic mass is 10.0. The van der Waals surface area contributed by atoms with Crippen LogP contribution in [-0.4, -0.2) is 50.5 Å². The van der Waals surface area contributed by atoms with Crippen molar-refractivity contribution in [3.05, 3.63) is 53.6 Å². The van der Waals surface area contributed by atoms with Crippen LogP contribution in [0.4, 0.5) is 4.39 Å². The Morgan fingerprint density at radius 1 is 1.26 bits per heavy atom. The quantitative estimate of drug-likeness (QED) is 0.828. The molecule has 0 unspecified atom stereocenters. The standard InChI is InChI=1S/C20H25FN4O2/c1-14(2)18-13-24(20(27)17-8-10-22-23(17)3)11-9-19(26)25(18)12-15-4-6-16(21)7-5-15/h4-8,10,14,18H,9,11-13H2,1-3H3/t18-/m1/s1. The van der Waals surface area contributed by atoms with Crippen LogP contribution in [0.2, 0.25) is 0 Å². The highest BCUT2D eigenvalue weighted by Gasteiger charge is 2.34. The van der Waals surface area contributed by atoms with Crippen molar-refractivity contribution in [3.8, 4) is 0 Å². The van der Waals surface area contributed by atoms with E-state index in [-0.39, 0.29) is 36.0 Å². The van der Waals surface area contributed by atoms with E-state index in [2.05, 4.69) is 5.10 Å². The average molecular weight is 372 g/mol. The molecule has 0 bridgehead atoms. The highest BCUT2D eigenvalue weighted by molar-refractivity contribution is 5.93. The van der Waals surface area contributed by atoms with E-state index in [1.807, 2.05) is 18.7 Å². The second kappa shape index (κ2) is 7.90. The van der Waals surface area contributed by atoms with E-state index >= 15 is 0 Å². The Balaban J connectivity index is 1.83. The van der Waals surface area contributed by atoms with Gasteiger partial charge in [0.15, 0.2) is 0 Å². The highest BCUT2D eigenvalue weighted by Crippen LogP contribution is 2.22. The molecule has 1 aliphatic rings. The Bertz CT molecular complexity index is 816. The van der Waals surface area contributed by atoms with Crippen molar-refractivity contribution in [2.45, 2.75) is 32.9 Å². The van der Waals surface area contributed by atoms with Crippen molar-refractivity contribution in [2.75, 3.05) is 13.1 Å². The zero-order valence-electron chi connectivity index (χ0n) is 15.9. The first kappa shape index (κ1) is 19.1. The molecule has 2 aromatic rings. The van der Waals surface area contributed by atoms with Gasteiger partial charge in [0.05, 0.1) is 6.04 Å². The van der Waals surface area contributed by atoms with Gasteiger partial charge in [0, 0.05) is 39.3 Å². The molecule has 6 nitrogen and oxygen atoms in total. The summed E-state index contributed by atoms with van der Waals surface area (Å²) in [6, 6.07) is 7.78. The largest absolute Gasteiger partial charge is 0.335 e. The molecule has 0 aliphatic carbocycles. The summed E-state index contributed by atoms with van der Waals surface area (Å²) in [6.07, 6.45) is 1.87. The molecule has 7 heteroatoms. The van der Waals surface area contributed by atoms with Crippen molar-refractivity contribution in [2.24, 2.45) is 13.0 Å². The van der Waals surface area contributed by atoms with Gasteiger partial charge in [-0.05, 0) is 29.7 Å². The van der Waals surface area contributed by atoms with Crippen molar-refractivity contribution in [3.63, 3.8) is 0 Å². The normalized spacial score (nSPS) is 18.1. The van der Waals surface area contributed by atoms with Gasteiger partial charge in [-0.2, -0.15) is 5.10 Å². The lowest BCUT2D eigenvalue weighted by Crippen LogP contribution is -2.47. The molecule has 3 rings (SSSR count). The SMILES string of the molecule is CC(C)[C@H]1CN(C(=O)c2ccnn2C)CCC(=O)N1Cc1ccc(F)cc1. The Labute approximate surface area is 158 Å². The van der Waals surface area contributed by atoms with Crippen LogP contribution in [-0.2, 0) is 18.4 Å². The molecule has 0 radical (unpaired) electrons. The molecule has 0 saturated carbocycles. The predicted octanol–water partition coefficient (Wildman–Crippen LogP) is 2.46. The maximum atomic E-state index is 13.2. The molecule has 27 heavy (non-hydrogen) atoms. The summed E-state index contributed by atoms with van der Waals surface area (Å²) in [7, 11) is 1.73. The van der Waals surface area contributed by atoms with Gasteiger partial charge >= 0.3 is 0 Å². The molecule has 2 amide bonds. The van der Waals surface area contributed by atoms with E-state index in [1.165, 1.54) is 12.1 Å². The van der Waals surface area contributed by atoms with Gasteiger partial charge in [-0.1, -0.05) is 26.0 Å². The molecule has 2 heterocycles. The summed E-state index contributed by atoms with van der Waals surface area (Å²) >= 11 is 0. The van der Waals surface area contributed by atoms with E-state index < -0.39 is 0 Å². The van der Waals surface area contributed by atoms with Gasteiger partial charge in [-0.3, -0.25) is 14.3 Å². The Hall–Kier alpha value is -2.70. The maximum Gasteiger partial charge on any atom is 0.272 e. The number of nitrogens with zero attached hydrogens (tertiary/aromatic N) is 4. The molecular formula is C20H25FN4O2. The van der Waals surface area contributed by atoms with Crippen LogP contribution < -0.4 is 0 Å². The first-order valence-corrected chi connectivity index (χ1v) is 9.18. The van der Waals surface area contributed by atoms with E-state index in [9.17, 15) is 14.0 Å². The number of hydrogen-bond donors (Lipinski definition) is 0. The number of rotatable bonds is 4. The number of benzene rings is 1. The smallest absolute Gasteiger partial charge is 0.272 e. The molecule has 0 spiro atoms. The molecule has 144 valence electrons. The topological polar surface area (TPSA) is 58.4 Å². The lowest BCUT2D eigenvalue weighted by molar-refractivity contribution is -0.134. The summed E-state index contributed by atoms with van der Waals surface area (Å²) in [5.74, 6) is -0.223. The first-order chi connectivity index (χ1) is 12.9. The van der Waals surface area contributed by atoms with Crippen LogP contribution in [0.25, 0.3) is 0 Å². The Kier molecular flexibility index (Phi) is 5.58. The van der Waals surface area contributed by atoms with Crippen LogP contribution in [0.3, 0.4) is 0 Å². The minimum Gasteiger partial charge on any atom is -0.335 e. The van der Waals surface area contributed by atoms with Crippen molar-refractivity contribution in [1.29, 1.82) is 0 Å². The summed E-state index contributed by atoms with van der Waals surface area (Å²) < 4.78 is 14.7. The third-order valence-electron chi connectivity index (χ3n) is 5.09. The molecule has 1 atom stereocenters.